The molecule has 5 saturated carbocycles. The molecule has 0 aromatic heterocycles. The van der Waals surface area contributed by atoms with Gasteiger partial charge in [-0.3, -0.25) is 0 Å². The van der Waals surface area contributed by atoms with Crippen LogP contribution in [0, 0.1) is 35.0 Å². The average Bonchev–Trinajstić information content (AvgIpc) is 4.26. The number of unbranched alkanes of at least 4 members (excludes halogenated alkanes) is 4. The van der Waals surface area contributed by atoms with E-state index < -0.39 is 11.6 Å². The van der Waals surface area contributed by atoms with Gasteiger partial charge in [0.05, 0.1) is 50.3 Å². The zero-order chi connectivity index (χ0) is 68.6. The molecule has 532 valence electrons. The number of hydrogen-bond acceptors (Lipinski definition) is 20. The molecule has 5 aliphatic rings. The van der Waals surface area contributed by atoms with Gasteiger partial charge in [0.25, 0.3) is 0 Å². The summed E-state index contributed by atoms with van der Waals surface area (Å²) in [5.41, 5.74) is 63.8. The van der Waals surface area contributed by atoms with Crippen LogP contribution in [0.25, 0.3) is 0 Å². The Morgan fingerprint density at radius 2 is 1.00 bits per heavy atom. The topological polar surface area (TPSA) is 474 Å². The van der Waals surface area contributed by atoms with Crippen molar-refractivity contribution in [3.63, 3.8) is 0 Å². The first-order valence-electron chi connectivity index (χ1n) is 34.1. The Kier molecular flexibility index (Phi) is 84.4. The largest absolute Gasteiger partial charge is 0.396 e. The van der Waals surface area contributed by atoms with Crippen molar-refractivity contribution in [2.75, 3.05) is 72.3 Å². The third-order valence-corrected chi connectivity index (χ3v) is 15.3. The summed E-state index contributed by atoms with van der Waals surface area (Å²) in [5.74, 6) is 3.23. The van der Waals surface area contributed by atoms with E-state index in [1.165, 1.54) is 70.6 Å². The molecule has 0 heterocycles. The fourth-order valence-corrected chi connectivity index (χ4v) is 6.07. The predicted octanol–water partition coefficient (Wildman–Crippen LogP) is 5.88. The molecule has 0 saturated heterocycles. The molecule has 5 fully saturated rings. The number of nitrogens with two attached hydrogens (primary N) is 12. The van der Waals surface area contributed by atoms with Crippen LogP contribution in [0.3, 0.4) is 0 Å². The standard InChI is InChI=1S/3C6H13NO.C6H15NO.C6H15N.C5H13NO2.2C5H13N.C5H12O2.2C4H9N.2C4H11N/c7-5-1-3-6(8)4-2-5;7-6(5-8)3-1-2-4-6;7-5-3-1-2-4-6(5)8;7-5-3-1-2-4-6-8;1-5(7)6(2,3)4;1-2-5(6,3-7)4-8;1-5(2)3-4-6;1-3-5(2)4-6;1-4(2)5(7)3-6;5-3-4-1-2-4;5-4-2-1-3-4;1-4(2)3-5;1-2-3-4-5/h5-6,8H,1-4,7H2;8H,1-5,7H2;5-6,8H,1-4,7H2;8H,1-7H2;5H,7H2,1-4H3;7-8H,2-4,6H2,1H3;2*5H,3-4,6H2,1-2H3;4-7H,3H2,1-2H3;2*4H,1-3,5H2;4H,3,5H2,1-2H3;2-5H2,1H3. The van der Waals surface area contributed by atoms with Gasteiger partial charge in [0.1, 0.15) is 0 Å². The van der Waals surface area contributed by atoms with Gasteiger partial charge < -0.3 is 110 Å². The van der Waals surface area contributed by atoms with Crippen LogP contribution in [0.4, 0.5) is 0 Å². The van der Waals surface area contributed by atoms with Gasteiger partial charge in [0.2, 0.25) is 0 Å². The third-order valence-electron chi connectivity index (χ3n) is 15.3. The monoisotopic (exact) mass is 1250 g/mol. The molecule has 0 spiro atoms. The Bertz CT molecular complexity index is 1170. The van der Waals surface area contributed by atoms with Gasteiger partial charge in [-0.15, -0.1) is 0 Å². The Hall–Kier alpha value is -0.800. The number of hydrogen-bond donors (Lipinski definition) is 20. The maximum Gasteiger partial charge on any atom is 0.0793 e. The Morgan fingerprint density at radius 1 is 0.558 bits per heavy atom. The molecule has 0 aliphatic heterocycles. The van der Waals surface area contributed by atoms with Crippen molar-refractivity contribution in [1.82, 2.24) is 0 Å². The second kappa shape index (κ2) is 71.6. The smallest absolute Gasteiger partial charge is 0.0793 e. The lowest BCUT2D eigenvalue weighted by atomic mass is 9.89. The van der Waals surface area contributed by atoms with E-state index in [2.05, 4.69) is 69.2 Å². The minimum Gasteiger partial charge on any atom is -0.396 e. The molecule has 20 heteroatoms. The lowest BCUT2D eigenvalue weighted by Crippen LogP contribution is -2.46. The number of aliphatic hydroxyl groups excluding tert-OH is 8. The Balaban J connectivity index is -0.000000128. The molecule has 32 N–H and O–H groups in total. The Labute approximate surface area is 532 Å². The van der Waals surface area contributed by atoms with Crippen molar-refractivity contribution in [3.8, 4) is 0 Å². The molecule has 0 bridgehead atoms. The molecule has 0 amide bonds. The average molecular weight is 1250 g/mol. The van der Waals surface area contributed by atoms with E-state index in [4.69, 9.17) is 110 Å². The molecule has 20 nitrogen and oxygen atoms in total. The second-order valence-corrected chi connectivity index (χ2v) is 26.8. The van der Waals surface area contributed by atoms with E-state index in [1.807, 2.05) is 27.7 Å². The van der Waals surface area contributed by atoms with Crippen LogP contribution in [-0.4, -0.2) is 167 Å². The lowest BCUT2D eigenvalue weighted by molar-refractivity contribution is 0.0597. The molecule has 86 heavy (non-hydrogen) atoms. The first-order chi connectivity index (χ1) is 40.2. The van der Waals surface area contributed by atoms with Crippen LogP contribution in [-0.2, 0) is 0 Å². The summed E-state index contributed by atoms with van der Waals surface area (Å²) in [5, 5.41) is 69.0. The summed E-state index contributed by atoms with van der Waals surface area (Å²) in [6.45, 7) is 34.0. The van der Waals surface area contributed by atoms with E-state index in [0.717, 1.165) is 141 Å². The third kappa shape index (κ3) is 87.4. The maximum atomic E-state index is 9.05. The van der Waals surface area contributed by atoms with Crippen LogP contribution in [0.1, 0.15) is 264 Å². The summed E-state index contributed by atoms with van der Waals surface area (Å²) in [4.78, 5) is 0. The van der Waals surface area contributed by atoms with Gasteiger partial charge in [-0.25, -0.2) is 0 Å². The highest BCUT2D eigenvalue weighted by molar-refractivity contribution is 4.88. The van der Waals surface area contributed by atoms with E-state index in [1.54, 1.807) is 0 Å². The van der Waals surface area contributed by atoms with Gasteiger partial charge in [-0.2, -0.15) is 0 Å². The summed E-state index contributed by atoms with van der Waals surface area (Å²) in [7, 11) is 0. The molecule has 0 radical (unpaired) electrons. The van der Waals surface area contributed by atoms with Crippen LogP contribution < -0.4 is 68.8 Å². The zero-order valence-electron chi connectivity index (χ0n) is 59.1. The molecular weight excluding hydrogens is 1090 g/mol. The van der Waals surface area contributed by atoms with Crippen LogP contribution >= 0.6 is 0 Å². The SMILES string of the molecule is CC(C)C(O)CO.CC(C)CCN.CC(C)CN.CC(N)C(C)(C)C.CCC(C)CN.CCC(N)(CO)CO.CCCCN.NC1(CO)CCCC1.NC1CCC(O)CC1.NC1CCC1.NC1CCCCC1O.NCC1CC1.NCCCCCCO. The van der Waals surface area contributed by atoms with Crippen LogP contribution in [0.5, 0.6) is 0 Å². The van der Waals surface area contributed by atoms with Gasteiger partial charge in [-0.1, -0.05) is 148 Å². The van der Waals surface area contributed by atoms with Crippen molar-refractivity contribution < 1.29 is 40.9 Å². The molecule has 0 aromatic carbocycles. The van der Waals surface area contributed by atoms with Gasteiger partial charge in [0, 0.05) is 36.3 Å². The van der Waals surface area contributed by atoms with Gasteiger partial charge in [0.15, 0.2) is 0 Å². The van der Waals surface area contributed by atoms with Crippen LogP contribution in [0.15, 0.2) is 0 Å². The van der Waals surface area contributed by atoms with Crippen molar-refractivity contribution in [2.24, 2.45) is 104 Å². The fourth-order valence-electron chi connectivity index (χ4n) is 6.07. The highest BCUT2D eigenvalue weighted by Gasteiger charge is 2.28. The first kappa shape index (κ1) is 101. The Morgan fingerprint density at radius 3 is 1.14 bits per heavy atom. The molecule has 5 atom stereocenters. The highest BCUT2D eigenvalue weighted by atomic mass is 16.3. The van der Waals surface area contributed by atoms with Crippen molar-refractivity contribution in [3.05, 3.63) is 0 Å². The fraction of sp³-hybridized carbons (Fsp3) is 1.00. The van der Waals surface area contributed by atoms with E-state index in [-0.39, 0.29) is 61.5 Å². The molecular formula is C66H160N12O8. The van der Waals surface area contributed by atoms with E-state index in [9.17, 15) is 0 Å². The van der Waals surface area contributed by atoms with Crippen LogP contribution in [0.2, 0.25) is 0 Å². The number of aliphatic hydroxyl groups is 8. The van der Waals surface area contributed by atoms with Gasteiger partial charge in [-0.05, 0) is 190 Å². The lowest BCUT2D eigenvalue weighted by Gasteiger charge is -2.23. The van der Waals surface area contributed by atoms with Crippen molar-refractivity contribution in [2.45, 2.75) is 317 Å². The number of rotatable bonds is 19. The van der Waals surface area contributed by atoms with Crippen molar-refractivity contribution in [1.29, 1.82) is 0 Å². The summed E-state index contributed by atoms with van der Waals surface area (Å²) in [6, 6.07) is 1.28. The maximum absolute atomic E-state index is 9.05. The normalized spacial score (nSPS) is 20.1. The van der Waals surface area contributed by atoms with Crippen molar-refractivity contribution >= 4 is 0 Å². The molecule has 5 rings (SSSR count). The molecule has 5 aliphatic carbocycles. The second-order valence-electron chi connectivity index (χ2n) is 26.8. The summed E-state index contributed by atoms with van der Waals surface area (Å²) in [6.07, 6.45) is 27.9. The molecule has 5 unspecified atom stereocenters. The van der Waals surface area contributed by atoms with E-state index in [0.29, 0.717) is 43.0 Å². The summed E-state index contributed by atoms with van der Waals surface area (Å²) >= 11 is 0. The zero-order valence-corrected chi connectivity index (χ0v) is 59.1. The minimum absolute atomic E-state index is 0.0590. The molecule has 0 aromatic rings. The quantitative estimate of drug-likeness (QED) is 0.0671. The minimum atomic E-state index is -0.764. The predicted molar refractivity (Wildman–Crippen MR) is 373 cm³/mol. The van der Waals surface area contributed by atoms with Gasteiger partial charge >= 0.3 is 0 Å². The summed E-state index contributed by atoms with van der Waals surface area (Å²) < 4.78 is 0. The van der Waals surface area contributed by atoms with E-state index >= 15 is 0 Å². The highest BCUT2D eigenvalue weighted by Crippen LogP contribution is 2.27. The first-order valence-corrected chi connectivity index (χ1v) is 34.1.